The number of benzene rings is 1. The number of rotatable bonds is 5. The van der Waals surface area contributed by atoms with Crippen LogP contribution in [-0.4, -0.2) is 56.3 Å². The smallest absolute Gasteiger partial charge is 0.137 e. The van der Waals surface area contributed by atoms with Gasteiger partial charge < -0.3 is 15.7 Å². The molecule has 2 aromatic heterocycles. The van der Waals surface area contributed by atoms with Gasteiger partial charge in [-0.1, -0.05) is 0 Å². The molecule has 0 saturated carbocycles. The number of nitrogens with one attached hydrogen (secondary N) is 2. The van der Waals surface area contributed by atoms with Crippen molar-refractivity contribution < 1.29 is 13.9 Å². The first-order valence-electron chi connectivity index (χ1n) is 9.44. The van der Waals surface area contributed by atoms with Crippen LogP contribution in [0.4, 0.5) is 20.3 Å². The molecule has 0 radical (unpaired) electrons. The third kappa shape index (κ3) is 3.73. The lowest BCUT2D eigenvalue weighted by atomic mass is 9.94. The summed E-state index contributed by atoms with van der Waals surface area (Å²) in [5.41, 5.74) is 6.02. The number of nitrogen functional groups attached to an aromatic ring is 1. The number of alkyl halides is 1. The summed E-state index contributed by atoms with van der Waals surface area (Å²) in [5, 5.41) is 24.2. The molecule has 30 heavy (non-hydrogen) atoms. The van der Waals surface area contributed by atoms with Crippen LogP contribution in [0.3, 0.4) is 0 Å². The van der Waals surface area contributed by atoms with E-state index in [4.69, 9.17) is 11.1 Å². The van der Waals surface area contributed by atoms with Crippen molar-refractivity contribution in [2.24, 2.45) is 0 Å². The first-order valence-corrected chi connectivity index (χ1v) is 9.44. The maximum absolute atomic E-state index is 14.4. The fourth-order valence-corrected chi connectivity index (χ4v) is 3.51. The van der Waals surface area contributed by atoms with Gasteiger partial charge in [0.2, 0.25) is 0 Å². The molecule has 0 atom stereocenters. The van der Waals surface area contributed by atoms with Crippen molar-refractivity contribution in [3.8, 4) is 11.1 Å². The maximum Gasteiger partial charge on any atom is 0.137 e. The molecule has 3 aromatic rings. The lowest BCUT2D eigenvalue weighted by Crippen LogP contribution is -2.44. The van der Waals surface area contributed by atoms with Crippen LogP contribution in [0.2, 0.25) is 0 Å². The molecule has 1 aromatic carbocycles. The van der Waals surface area contributed by atoms with Gasteiger partial charge in [0.05, 0.1) is 24.2 Å². The summed E-state index contributed by atoms with van der Waals surface area (Å²) >= 11 is 0. The predicted octanol–water partition coefficient (Wildman–Crippen LogP) is 2.30. The Kier molecular flexibility index (Phi) is 5.17. The Morgan fingerprint density at radius 2 is 2.03 bits per heavy atom. The highest BCUT2D eigenvalue weighted by Crippen LogP contribution is 2.30. The molecule has 1 aliphatic heterocycles. The molecule has 3 heterocycles. The minimum absolute atomic E-state index is 0.0214. The van der Waals surface area contributed by atoms with Gasteiger partial charge in [-0.15, -0.1) is 0 Å². The summed E-state index contributed by atoms with van der Waals surface area (Å²) < 4.78 is 28.6. The Morgan fingerprint density at radius 3 is 2.70 bits per heavy atom. The minimum Gasteiger partial charge on any atom is -0.398 e. The molecule has 4 rings (SSSR count). The van der Waals surface area contributed by atoms with Crippen molar-refractivity contribution >= 4 is 17.2 Å². The SMILES string of the molecule is N=C(c1cc(N2CCC(F)(CO)CC2)ncn1)c1cc(-c2cn[nH]c2)c(F)cc1N. The predicted molar refractivity (Wildman–Crippen MR) is 109 cm³/mol. The van der Waals surface area contributed by atoms with Gasteiger partial charge >= 0.3 is 0 Å². The van der Waals surface area contributed by atoms with Gasteiger partial charge in [-0.3, -0.25) is 10.5 Å². The summed E-state index contributed by atoms with van der Waals surface area (Å²) in [7, 11) is 0. The van der Waals surface area contributed by atoms with Crippen molar-refractivity contribution in [3.05, 3.63) is 54.0 Å². The molecular weight excluding hydrogens is 392 g/mol. The summed E-state index contributed by atoms with van der Waals surface area (Å²) in [4.78, 5) is 10.3. The first-order chi connectivity index (χ1) is 14.4. The van der Waals surface area contributed by atoms with Crippen molar-refractivity contribution in [1.29, 1.82) is 5.41 Å². The summed E-state index contributed by atoms with van der Waals surface area (Å²) in [6, 6.07) is 4.31. The number of aromatic amines is 1. The number of aliphatic hydroxyl groups excluding tert-OH is 1. The molecule has 0 amide bonds. The normalized spacial score (nSPS) is 15.9. The van der Waals surface area contributed by atoms with Crippen molar-refractivity contribution in [1.82, 2.24) is 20.2 Å². The third-order valence-electron chi connectivity index (χ3n) is 5.39. The molecule has 1 aliphatic rings. The van der Waals surface area contributed by atoms with E-state index in [2.05, 4.69) is 20.2 Å². The average molecular weight is 413 g/mol. The standard InChI is InChI=1S/C20H21F2N7O/c21-15-6-16(23)14(5-13(15)12-8-27-28-9-12)19(24)17-7-18(26-11-25-17)29-3-1-20(22,10-30)2-4-29/h5-9,11,24,30H,1-4,10,23H2,(H,27,28). The van der Waals surface area contributed by atoms with E-state index >= 15 is 0 Å². The summed E-state index contributed by atoms with van der Waals surface area (Å²) in [5.74, 6) is 0.0428. The van der Waals surface area contributed by atoms with Crippen molar-refractivity contribution in [3.63, 3.8) is 0 Å². The molecule has 8 nitrogen and oxygen atoms in total. The molecule has 0 aliphatic carbocycles. The number of hydrogen-bond donors (Lipinski definition) is 4. The number of nitrogens with two attached hydrogens (primary N) is 1. The number of halogens is 2. The molecular formula is C20H21F2N7O. The molecule has 5 N–H and O–H groups in total. The molecule has 0 spiro atoms. The van der Waals surface area contributed by atoms with Crippen LogP contribution in [0.1, 0.15) is 24.1 Å². The molecule has 156 valence electrons. The van der Waals surface area contributed by atoms with Crippen LogP contribution >= 0.6 is 0 Å². The number of aliphatic hydroxyl groups is 1. The van der Waals surface area contributed by atoms with Crippen LogP contribution in [0.5, 0.6) is 0 Å². The van der Waals surface area contributed by atoms with E-state index < -0.39 is 18.1 Å². The van der Waals surface area contributed by atoms with Gasteiger partial charge in [0.15, 0.2) is 0 Å². The zero-order valence-corrected chi connectivity index (χ0v) is 16.1. The highest BCUT2D eigenvalue weighted by atomic mass is 19.1. The fraction of sp³-hybridized carbons (Fsp3) is 0.300. The Labute approximate surface area is 171 Å². The largest absolute Gasteiger partial charge is 0.398 e. The lowest BCUT2D eigenvalue weighted by molar-refractivity contribution is 0.0480. The zero-order valence-electron chi connectivity index (χ0n) is 16.1. The number of H-pyrrole nitrogens is 1. The highest BCUT2D eigenvalue weighted by molar-refractivity contribution is 6.13. The number of aromatic nitrogens is 4. The van der Waals surface area contributed by atoms with Gasteiger partial charge in [-0.25, -0.2) is 18.7 Å². The van der Waals surface area contributed by atoms with Crippen LogP contribution < -0.4 is 10.6 Å². The molecule has 10 heteroatoms. The second kappa shape index (κ2) is 7.79. The van der Waals surface area contributed by atoms with Crippen molar-refractivity contribution in [2.45, 2.75) is 18.5 Å². The molecule has 1 saturated heterocycles. The van der Waals surface area contributed by atoms with Gasteiger partial charge in [0.25, 0.3) is 0 Å². The van der Waals surface area contributed by atoms with E-state index in [-0.39, 0.29) is 29.8 Å². The molecule has 0 unspecified atom stereocenters. The van der Waals surface area contributed by atoms with Crippen LogP contribution in [-0.2, 0) is 0 Å². The van der Waals surface area contributed by atoms with Crippen molar-refractivity contribution in [2.75, 3.05) is 30.3 Å². The van der Waals surface area contributed by atoms with Gasteiger partial charge in [0, 0.05) is 60.6 Å². The van der Waals surface area contributed by atoms with Crippen LogP contribution in [0.25, 0.3) is 11.1 Å². The minimum atomic E-state index is -1.56. The van der Waals surface area contributed by atoms with Crippen LogP contribution in [0, 0.1) is 11.2 Å². The number of anilines is 2. The topological polar surface area (TPSA) is 128 Å². The number of piperidine rings is 1. The van der Waals surface area contributed by atoms with E-state index in [1.165, 1.54) is 24.7 Å². The number of nitrogens with zero attached hydrogens (tertiary/aromatic N) is 4. The quantitative estimate of drug-likeness (QED) is 0.375. The highest BCUT2D eigenvalue weighted by Gasteiger charge is 2.34. The van der Waals surface area contributed by atoms with Gasteiger partial charge in [0.1, 0.15) is 23.6 Å². The summed E-state index contributed by atoms with van der Waals surface area (Å²) in [6.07, 6.45) is 4.76. The number of hydrogen-bond acceptors (Lipinski definition) is 7. The Bertz CT molecular complexity index is 1060. The lowest BCUT2D eigenvalue weighted by Gasteiger charge is -2.35. The maximum atomic E-state index is 14.4. The summed E-state index contributed by atoms with van der Waals surface area (Å²) in [6.45, 7) is 0.289. The monoisotopic (exact) mass is 413 g/mol. The van der Waals surface area contributed by atoms with E-state index in [0.717, 1.165) is 0 Å². The zero-order chi connectivity index (χ0) is 21.3. The van der Waals surface area contributed by atoms with E-state index in [1.54, 1.807) is 12.3 Å². The Hall–Kier alpha value is -3.40. The van der Waals surface area contributed by atoms with Gasteiger partial charge in [-0.05, 0) is 12.1 Å². The van der Waals surface area contributed by atoms with E-state index in [1.807, 2.05) is 4.90 Å². The average Bonchev–Trinajstić information content (AvgIpc) is 3.29. The van der Waals surface area contributed by atoms with Gasteiger partial charge in [-0.2, -0.15) is 5.10 Å². The Balaban J connectivity index is 1.62. The Morgan fingerprint density at radius 1 is 1.27 bits per heavy atom. The molecule has 0 bridgehead atoms. The fourth-order valence-electron chi connectivity index (χ4n) is 3.51. The van der Waals surface area contributed by atoms with E-state index in [9.17, 15) is 13.9 Å². The first kappa shape index (κ1) is 19.9. The van der Waals surface area contributed by atoms with Crippen LogP contribution in [0.15, 0.2) is 36.9 Å². The molecule has 1 fully saturated rings. The second-order valence-corrected chi connectivity index (χ2v) is 7.34. The third-order valence-corrected chi connectivity index (χ3v) is 5.39. The second-order valence-electron chi connectivity index (χ2n) is 7.34. The van der Waals surface area contributed by atoms with E-state index in [0.29, 0.717) is 35.7 Å².